The largest absolute Gasteiger partial charge is 0.390 e. The summed E-state index contributed by atoms with van der Waals surface area (Å²) in [4.78, 5) is 0. The van der Waals surface area contributed by atoms with E-state index in [9.17, 15) is 10.2 Å². The third-order valence-electron chi connectivity index (χ3n) is 2.16. The zero-order valence-electron chi connectivity index (χ0n) is 7.01. The van der Waals surface area contributed by atoms with Gasteiger partial charge in [-0.05, 0) is 12.8 Å². The van der Waals surface area contributed by atoms with Gasteiger partial charge in [0, 0.05) is 13.2 Å². The third-order valence-corrected chi connectivity index (χ3v) is 2.16. The molecule has 0 unspecified atom stereocenters. The maximum atomic E-state index is 9.32. The Morgan fingerprint density at radius 3 is 2.42 bits per heavy atom. The Balaban J connectivity index is 0.00000121. The van der Waals surface area contributed by atoms with Crippen LogP contribution in [0.2, 0.25) is 0 Å². The molecule has 1 saturated carbocycles. The first-order chi connectivity index (χ1) is 5.15. The highest BCUT2D eigenvalue weighted by molar-refractivity contribution is 5.85. The summed E-state index contributed by atoms with van der Waals surface area (Å²) in [5.74, 6) is 0. The first-order valence-electron chi connectivity index (χ1n) is 3.79. The average molecular weight is 198 g/mol. The van der Waals surface area contributed by atoms with Crippen molar-refractivity contribution in [3.8, 4) is 0 Å². The van der Waals surface area contributed by atoms with Gasteiger partial charge in [-0.3, -0.25) is 0 Å². The van der Waals surface area contributed by atoms with Crippen LogP contribution in [-0.4, -0.2) is 41.7 Å². The molecule has 1 aliphatic rings. The van der Waals surface area contributed by atoms with Crippen molar-refractivity contribution in [2.75, 3.05) is 7.11 Å². The summed E-state index contributed by atoms with van der Waals surface area (Å²) in [7, 11) is 1.51. The van der Waals surface area contributed by atoms with E-state index in [0.717, 1.165) is 0 Å². The fraction of sp³-hybridized carbons (Fsp3) is 1.00. The molecule has 0 bridgehead atoms. The van der Waals surface area contributed by atoms with Crippen LogP contribution in [0.5, 0.6) is 0 Å². The second-order valence-corrected chi connectivity index (χ2v) is 3.06. The molecule has 0 aromatic rings. The van der Waals surface area contributed by atoms with Gasteiger partial charge in [-0.25, -0.2) is 0 Å². The molecule has 4 nitrogen and oxygen atoms in total. The molecule has 1 rings (SSSR count). The SMILES string of the molecule is CO[C@H]1C[C@@H](N)C[C@H](O)[C@@H]1O.Cl. The lowest BCUT2D eigenvalue weighted by Gasteiger charge is -2.34. The first kappa shape index (κ1) is 12.1. The summed E-state index contributed by atoms with van der Waals surface area (Å²) in [6, 6.07) is -0.0571. The summed E-state index contributed by atoms with van der Waals surface area (Å²) in [6.45, 7) is 0. The molecule has 74 valence electrons. The van der Waals surface area contributed by atoms with E-state index in [2.05, 4.69) is 0 Å². The number of nitrogens with two attached hydrogens (primary N) is 1. The second-order valence-electron chi connectivity index (χ2n) is 3.06. The van der Waals surface area contributed by atoms with Crippen LogP contribution >= 0.6 is 12.4 Å². The maximum absolute atomic E-state index is 9.32. The molecule has 0 aliphatic heterocycles. The van der Waals surface area contributed by atoms with E-state index in [4.69, 9.17) is 10.5 Å². The Hall–Kier alpha value is 0.130. The first-order valence-corrected chi connectivity index (χ1v) is 3.79. The molecular weight excluding hydrogens is 182 g/mol. The molecule has 0 heterocycles. The van der Waals surface area contributed by atoms with Crippen LogP contribution in [0.4, 0.5) is 0 Å². The predicted octanol–water partition coefficient (Wildman–Crippen LogP) is -0.734. The maximum Gasteiger partial charge on any atom is 0.106 e. The normalized spacial score (nSPS) is 42.0. The molecule has 1 aliphatic carbocycles. The Morgan fingerprint density at radius 2 is 1.92 bits per heavy atom. The molecule has 5 heteroatoms. The van der Waals surface area contributed by atoms with Crippen molar-refractivity contribution in [1.82, 2.24) is 0 Å². The number of halogens is 1. The van der Waals surface area contributed by atoms with Gasteiger partial charge < -0.3 is 20.7 Å². The van der Waals surface area contributed by atoms with E-state index in [0.29, 0.717) is 12.8 Å². The lowest BCUT2D eigenvalue weighted by Crippen LogP contribution is -2.49. The monoisotopic (exact) mass is 197 g/mol. The number of hydrogen-bond donors (Lipinski definition) is 3. The Kier molecular flexibility index (Phi) is 5.04. The van der Waals surface area contributed by atoms with E-state index in [-0.39, 0.29) is 24.6 Å². The Labute approximate surface area is 78.1 Å². The minimum absolute atomic E-state index is 0. The zero-order chi connectivity index (χ0) is 8.43. The van der Waals surface area contributed by atoms with Gasteiger partial charge in [0.15, 0.2) is 0 Å². The lowest BCUT2D eigenvalue weighted by atomic mass is 9.89. The van der Waals surface area contributed by atoms with E-state index in [1.807, 2.05) is 0 Å². The van der Waals surface area contributed by atoms with Crippen LogP contribution in [0.1, 0.15) is 12.8 Å². The van der Waals surface area contributed by atoms with Crippen LogP contribution in [-0.2, 0) is 4.74 Å². The topological polar surface area (TPSA) is 75.7 Å². The zero-order valence-corrected chi connectivity index (χ0v) is 7.83. The molecule has 0 radical (unpaired) electrons. The Bertz CT molecular complexity index is 136. The van der Waals surface area contributed by atoms with Gasteiger partial charge in [0.1, 0.15) is 6.10 Å². The highest BCUT2D eigenvalue weighted by Crippen LogP contribution is 2.20. The molecule has 0 aromatic carbocycles. The van der Waals surface area contributed by atoms with Crippen LogP contribution < -0.4 is 5.73 Å². The minimum atomic E-state index is -0.778. The van der Waals surface area contributed by atoms with Crippen molar-refractivity contribution in [3.63, 3.8) is 0 Å². The van der Waals surface area contributed by atoms with Crippen LogP contribution in [0, 0.1) is 0 Å². The van der Waals surface area contributed by atoms with E-state index >= 15 is 0 Å². The molecular formula is C7H16ClNO3. The van der Waals surface area contributed by atoms with Gasteiger partial charge in [-0.15, -0.1) is 12.4 Å². The lowest BCUT2D eigenvalue weighted by molar-refractivity contribution is -0.104. The third kappa shape index (κ3) is 2.57. The molecule has 0 spiro atoms. The number of hydrogen-bond acceptors (Lipinski definition) is 4. The van der Waals surface area contributed by atoms with E-state index < -0.39 is 12.2 Å². The number of methoxy groups -OCH3 is 1. The van der Waals surface area contributed by atoms with Crippen LogP contribution in [0.15, 0.2) is 0 Å². The number of ether oxygens (including phenoxy) is 1. The summed E-state index contributed by atoms with van der Waals surface area (Å²) in [6.07, 6.45) is -0.743. The molecule has 12 heavy (non-hydrogen) atoms. The van der Waals surface area contributed by atoms with Gasteiger partial charge >= 0.3 is 0 Å². The van der Waals surface area contributed by atoms with Gasteiger partial charge in [0.2, 0.25) is 0 Å². The van der Waals surface area contributed by atoms with Gasteiger partial charge in [-0.1, -0.05) is 0 Å². The van der Waals surface area contributed by atoms with Crippen molar-refractivity contribution in [2.45, 2.75) is 37.2 Å². The van der Waals surface area contributed by atoms with E-state index in [1.165, 1.54) is 7.11 Å². The van der Waals surface area contributed by atoms with Crippen molar-refractivity contribution in [3.05, 3.63) is 0 Å². The summed E-state index contributed by atoms with van der Waals surface area (Å²) < 4.78 is 4.95. The number of aliphatic hydroxyl groups is 2. The van der Waals surface area contributed by atoms with Gasteiger partial charge in [0.05, 0.1) is 12.2 Å². The molecule has 0 amide bonds. The van der Waals surface area contributed by atoms with Crippen LogP contribution in [0.25, 0.3) is 0 Å². The quantitative estimate of drug-likeness (QED) is 0.518. The highest BCUT2D eigenvalue weighted by Gasteiger charge is 2.34. The number of aliphatic hydroxyl groups excluding tert-OH is 2. The van der Waals surface area contributed by atoms with Gasteiger partial charge in [-0.2, -0.15) is 0 Å². The second kappa shape index (κ2) is 4.99. The standard InChI is InChI=1S/C7H15NO3.ClH/c1-11-6-3-4(8)2-5(9)7(6)10;/h4-7,9-10H,2-3,8H2,1H3;1H/t4-,5-,6-,7-;/m0./s1. The van der Waals surface area contributed by atoms with Crippen molar-refractivity contribution < 1.29 is 14.9 Å². The Morgan fingerprint density at radius 1 is 1.33 bits per heavy atom. The summed E-state index contributed by atoms with van der Waals surface area (Å²) in [5, 5.41) is 18.6. The minimum Gasteiger partial charge on any atom is -0.390 e. The smallest absolute Gasteiger partial charge is 0.106 e. The van der Waals surface area contributed by atoms with Crippen molar-refractivity contribution in [1.29, 1.82) is 0 Å². The number of rotatable bonds is 1. The highest BCUT2D eigenvalue weighted by atomic mass is 35.5. The van der Waals surface area contributed by atoms with Crippen molar-refractivity contribution in [2.24, 2.45) is 5.73 Å². The molecule has 0 saturated heterocycles. The molecule has 4 atom stereocenters. The fourth-order valence-electron chi connectivity index (χ4n) is 1.47. The van der Waals surface area contributed by atoms with Crippen LogP contribution in [0.3, 0.4) is 0 Å². The fourth-order valence-corrected chi connectivity index (χ4v) is 1.47. The molecule has 1 fully saturated rings. The van der Waals surface area contributed by atoms with Gasteiger partial charge in [0.25, 0.3) is 0 Å². The van der Waals surface area contributed by atoms with E-state index in [1.54, 1.807) is 0 Å². The average Bonchev–Trinajstić information content (AvgIpc) is 1.96. The predicted molar refractivity (Wildman–Crippen MR) is 47.3 cm³/mol. The summed E-state index contributed by atoms with van der Waals surface area (Å²) in [5.41, 5.74) is 5.60. The van der Waals surface area contributed by atoms with Crippen molar-refractivity contribution >= 4 is 12.4 Å². The molecule has 0 aromatic heterocycles. The molecule has 4 N–H and O–H groups in total. The summed E-state index contributed by atoms with van der Waals surface area (Å²) >= 11 is 0.